The summed E-state index contributed by atoms with van der Waals surface area (Å²) in [7, 11) is 0. The van der Waals surface area contributed by atoms with Crippen molar-refractivity contribution in [1.29, 1.82) is 0 Å². The number of hydrogen-bond acceptors (Lipinski definition) is 1. The highest BCUT2D eigenvalue weighted by molar-refractivity contribution is 7.80. The molecule has 3 heteroatoms. The molecule has 0 aliphatic carbocycles. The first kappa shape index (κ1) is 15.7. The second kappa shape index (κ2) is 11.2. The molecule has 0 aromatic carbocycles. The van der Waals surface area contributed by atoms with E-state index in [4.69, 9.17) is 12.2 Å². The molecule has 0 bridgehead atoms. The van der Waals surface area contributed by atoms with Gasteiger partial charge in [0.2, 0.25) is 0 Å². The van der Waals surface area contributed by atoms with Crippen LogP contribution in [0.15, 0.2) is 0 Å². The van der Waals surface area contributed by atoms with Crippen LogP contribution in [0.5, 0.6) is 0 Å². The van der Waals surface area contributed by atoms with Crippen molar-refractivity contribution in [2.45, 2.75) is 59.3 Å². The highest BCUT2D eigenvalue weighted by atomic mass is 32.1. The van der Waals surface area contributed by atoms with Crippen LogP contribution in [0.1, 0.15) is 59.3 Å². The predicted molar refractivity (Wildman–Crippen MR) is 76.8 cm³/mol. The van der Waals surface area contributed by atoms with Crippen LogP contribution in [0.25, 0.3) is 0 Å². The molecule has 0 radical (unpaired) electrons. The van der Waals surface area contributed by atoms with E-state index in [0.717, 1.165) is 24.1 Å². The van der Waals surface area contributed by atoms with Crippen LogP contribution in [-0.2, 0) is 0 Å². The van der Waals surface area contributed by atoms with Crippen molar-refractivity contribution in [2.24, 2.45) is 5.92 Å². The zero-order chi connectivity index (χ0) is 12.2. The first-order valence-corrected chi connectivity index (χ1v) is 7.17. The second-order valence-electron chi connectivity index (χ2n) is 4.41. The summed E-state index contributed by atoms with van der Waals surface area (Å²) in [4.78, 5) is 0. The lowest BCUT2D eigenvalue weighted by atomic mass is 9.99. The maximum atomic E-state index is 5.22. The lowest BCUT2D eigenvalue weighted by molar-refractivity contribution is 0.445. The van der Waals surface area contributed by atoms with Crippen molar-refractivity contribution in [3.05, 3.63) is 0 Å². The van der Waals surface area contributed by atoms with Crippen molar-refractivity contribution in [3.63, 3.8) is 0 Å². The fourth-order valence-electron chi connectivity index (χ4n) is 1.62. The molecular weight excluding hydrogens is 216 g/mol. The summed E-state index contributed by atoms with van der Waals surface area (Å²) in [6.45, 7) is 8.71. The molecule has 0 spiro atoms. The van der Waals surface area contributed by atoms with Crippen molar-refractivity contribution in [3.8, 4) is 0 Å². The Kier molecular flexibility index (Phi) is 11.0. The van der Waals surface area contributed by atoms with Crippen LogP contribution in [0, 0.1) is 5.92 Å². The van der Waals surface area contributed by atoms with E-state index in [2.05, 4.69) is 31.4 Å². The Balaban J connectivity index is 3.54. The molecule has 1 atom stereocenters. The third-order valence-electron chi connectivity index (χ3n) is 2.91. The van der Waals surface area contributed by atoms with E-state index in [0.29, 0.717) is 0 Å². The van der Waals surface area contributed by atoms with Gasteiger partial charge >= 0.3 is 0 Å². The van der Waals surface area contributed by atoms with Gasteiger partial charge in [0.05, 0.1) is 0 Å². The number of hydrogen-bond donors (Lipinski definition) is 2. The fraction of sp³-hybridized carbons (Fsp3) is 0.923. The summed E-state index contributed by atoms with van der Waals surface area (Å²) in [6.07, 6.45) is 7.58. The van der Waals surface area contributed by atoms with Crippen molar-refractivity contribution < 1.29 is 0 Å². The Bertz CT molecular complexity index is 171. The van der Waals surface area contributed by atoms with E-state index >= 15 is 0 Å². The molecule has 0 saturated heterocycles. The second-order valence-corrected chi connectivity index (χ2v) is 4.82. The first-order valence-electron chi connectivity index (χ1n) is 6.76. The predicted octanol–water partition coefficient (Wildman–Crippen LogP) is 3.47. The third-order valence-corrected chi connectivity index (χ3v) is 3.20. The highest BCUT2D eigenvalue weighted by Crippen LogP contribution is 2.10. The van der Waals surface area contributed by atoms with Gasteiger partial charge in [0, 0.05) is 13.1 Å². The van der Waals surface area contributed by atoms with E-state index in [9.17, 15) is 0 Å². The minimum Gasteiger partial charge on any atom is -0.363 e. The topological polar surface area (TPSA) is 24.1 Å². The lowest BCUT2D eigenvalue weighted by Crippen LogP contribution is -2.38. The van der Waals surface area contributed by atoms with E-state index < -0.39 is 0 Å². The SMILES string of the molecule is CCCCNC(=S)NCC(CC)CCCC. The normalized spacial score (nSPS) is 12.2. The minimum absolute atomic E-state index is 0.769. The fourth-order valence-corrected chi connectivity index (χ4v) is 1.81. The molecule has 2 nitrogen and oxygen atoms in total. The van der Waals surface area contributed by atoms with Crippen molar-refractivity contribution >= 4 is 17.3 Å². The van der Waals surface area contributed by atoms with Gasteiger partial charge in [0.1, 0.15) is 0 Å². The quantitative estimate of drug-likeness (QED) is 0.480. The van der Waals surface area contributed by atoms with E-state index in [1.54, 1.807) is 0 Å². The van der Waals surface area contributed by atoms with Crippen LogP contribution < -0.4 is 10.6 Å². The van der Waals surface area contributed by atoms with Gasteiger partial charge in [-0.05, 0) is 31.0 Å². The Hall–Kier alpha value is -0.310. The van der Waals surface area contributed by atoms with Crippen LogP contribution >= 0.6 is 12.2 Å². The molecule has 16 heavy (non-hydrogen) atoms. The summed E-state index contributed by atoms with van der Waals surface area (Å²) in [6, 6.07) is 0. The summed E-state index contributed by atoms with van der Waals surface area (Å²) >= 11 is 5.22. The van der Waals surface area contributed by atoms with Crippen LogP contribution in [-0.4, -0.2) is 18.2 Å². The Morgan fingerprint density at radius 1 is 1.06 bits per heavy atom. The van der Waals surface area contributed by atoms with E-state index in [-0.39, 0.29) is 0 Å². The largest absolute Gasteiger partial charge is 0.363 e. The number of thiocarbonyl (C=S) groups is 1. The molecular formula is C13H28N2S. The maximum Gasteiger partial charge on any atom is 0.166 e. The summed E-state index contributed by atoms with van der Waals surface area (Å²) in [5, 5.41) is 7.38. The third kappa shape index (κ3) is 8.96. The Labute approximate surface area is 107 Å². The molecule has 0 aliphatic rings. The monoisotopic (exact) mass is 244 g/mol. The Morgan fingerprint density at radius 2 is 1.75 bits per heavy atom. The van der Waals surface area contributed by atoms with Gasteiger partial charge < -0.3 is 10.6 Å². The molecule has 1 unspecified atom stereocenters. The molecule has 0 fully saturated rings. The minimum atomic E-state index is 0.769. The maximum absolute atomic E-state index is 5.22. The van der Waals surface area contributed by atoms with E-state index in [1.807, 2.05) is 0 Å². The van der Waals surface area contributed by atoms with Gasteiger partial charge in [0.15, 0.2) is 5.11 Å². The zero-order valence-corrected chi connectivity index (χ0v) is 12.0. The number of rotatable bonds is 9. The highest BCUT2D eigenvalue weighted by Gasteiger charge is 2.05. The van der Waals surface area contributed by atoms with Crippen LogP contribution in [0.3, 0.4) is 0 Å². The van der Waals surface area contributed by atoms with Crippen LogP contribution in [0.2, 0.25) is 0 Å². The lowest BCUT2D eigenvalue weighted by Gasteiger charge is -2.17. The van der Waals surface area contributed by atoms with Crippen LogP contribution in [0.4, 0.5) is 0 Å². The molecule has 0 aromatic heterocycles. The standard InChI is InChI=1S/C13H28N2S/c1-4-7-9-12(6-3)11-15-13(16)14-10-8-5-2/h12H,4-11H2,1-3H3,(H2,14,15,16). The summed E-state index contributed by atoms with van der Waals surface area (Å²) < 4.78 is 0. The molecule has 2 N–H and O–H groups in total. The molecule has 0 heterocycles. The van der Waals surface area contributed by atoms with E-state index in [1.165, 1.54) is 38.5 Å². The molecule has 0 saturated carbocycles. The Morgan fingerprint density at radius 3 is 2.31 bits per heavy atom. The van der Waals surface area contributed by atoms with Gasteiger partial charge in [-0.25, -0.2) is 0 Å². The zero-order valence-electron chi connectivity index (χ0n) is 11.1. The molecule has 96 valence electrons. The molecule has 0 aromatic rings. The van der Waals surface area contributed by atoms with Gasteiger partial charge in [-0.1, -0.05) is 46.5 Å². The molecule has 0 amide bonds. The van der Waals surface area contributed by atoms with Gasteiger partial charge in [-0.3, -0.25) is 0 Å². The van der Waals surface area contributed by atoms with Gasteiger partial charge in [-0.15, -0.1) is 0 Å². The van der Waals surface area contributed by atoms with Crippen molar-refractivity contribution in [1.82, 2.24) is 10.6 Å². The number of unbranched alkanes of at least 4 members (excludes halogenated alkanes) is 2. The average Bonchev–Trinajstić information content (AvgIpc) is 2.30. The average molecular weight is 244 g/mol. The van der Waals surface area contributed by atoms with Gasteiger partial charge in [-0.2, -0.15) is 0 Å². The van der Waals surface area contributed by atoms with Crippen molar-refractivity contribution in [2.75, 3.05) is 13.1 Å². The first-order chi connectivity index (χ1) is 7.74. The molecule has 0 rings (SSSR count). The molecule has 0 aliphatic heterocycles. The number of nitrogens with one attached hydrogen (secondary N) is 2. The summed E-state index contributed by atoms with van der Waals surface area (Å²) in [5.41, 5.74) is 0. The summed E-state index contributed by atoms with van der Waals surface area (Å²) in [5.74, 6) is 0.769. The smallest absolute Gasteiger partial charge is 0.166 e. The van der Waals surface area contributed by atoms with Gasteiger partial charge in [0.25, 0.3) is 0 Å².